The average Bonchev–Trinajstić information content (AvgIpc) is 1.31. The molecule has 0 spiro atoms. The van der Waals surface area contributed by atoms with E-state index in [1.165, 1.54) is 62.8 Å². The van der Waals surface area contributed by atoms with Gasteiger partial charge in [0.05, 0.1) is 160 Å². The lowest BCUT2D eigenvalue weighted by molar-refractivity contribution is -0.140. The number of aliphatic hydroxyl groups is 1. The predicted octanol–water partition coefficient (Wildman–Crippen LogP) is 2.01. The summed E-state index contributed by atoms with van der Waals surface area (Å²) < 4.78 is 213. The van der Waals surface area contributed by atoms with Crippen LogP contribution in [0.4, 0.5) is 22.5 Å². The van der Waals surface area contributed by atoms with Crippen molar-refractivity contribution in [2.24, 2.45) is 0 Å². The molecule has 754 valence electrons. The number of aromatic amines is 2. The summed E-state index contributed by atoms with van der Waals surface area (Å²) in [7, 11) is -4.76. The number of hydrogen-bond acceptors (Lipinski definition) is 36. The number of aliphatic hydroxyl groups excluding tert-OH is 1. The highest BCUT2D eigenvalue weighted by Gasteiger charge is 2.52. The van der Waals surface area contributed by atoms with Gasteiger partial charge in [0.2, 0.25) is 11.9 Å². The number of nitrogens with two attached hydrogens (primary N) is 3. The fraction of sp³-hybridized carbons (Fsp3) is 0.784. The zero-order valence-electron chi connectivity index (χ0n) is 79.0. The molecular weight excluding hydrogens is 1880 g/mol. The molecule has 7 fully saturated rings. The van der Waals surface area contributed by atoms with Gasteiger partial charge in [0.1, 0.15) is 37.1 Å². The SMILES string of the molecule is CC(C)N1C[C@@H](COP(=O)(N(C)C)N2C[C@@H](COP(=O)(N(C)C)N3C[C@@H](COP(=O)(N(C)C)N4C[C@@H](COP(=O)(N(C)C)N5C[C@@H](COP(=O)(N(C)C)N6C[C@@H](COP(=O)(N(C)C)N7CCN(C(=O)OCCOCCOCCO)CC7)O[C@@H](C)C6)O[C@@H](C)C5)O[C@@H](C)C4)O[C@@H](n4cnc5c(=O)[nH]c(N)nc54)C3)O[C@@H](n3cnc4c(N)ncnc43)C2)O[C@@H](n2cnc3c(=O)[nH]c(N)nc32)C1. The Morgan fingerprint density at radius 1 is 0.418 bits per heavy atom. The van der Waals surface area contributed by atoms with Crippen LogP contribution in [0.25, 0.3) is 33.5 Å². The number of rotatable bonds is 42. The first-order valence-corrected chi connectivity index (χ1v) is 53.4. The Kier molecular flexibility index (Phi) is 35.4. The van der Waals surface area contributed by atoms with Crippen LogP contribution in [0.15, 0.2) is 34.9 Å². The lowest BCUT2D eigenvalue weighted by atomic mass is 10.2. The van der Waals surface area contributed by atoms with Gasteiger partial charge in [-0.05, 0) is 119 Å². The molecule has 18 atom stereocenters. The van der Waals surface area contributed by atoms with Gasteiger partial charge < -0.3 is 97.0 Å². The van der Waals surface area contributed by atoms with Gasteiger partial charge in [0.15, 0.2) is 33.8 Å². The summed E-state index contributed by atoms with van der Waals surface area (Å²) in [6.45, 7) is 10.3. The first kappa shape index (κ1) is 106. The van der Waals surface area contributed by atoms with Crippen LogP contribution < -0.4 is 28.3 Å². The van der Waals surface area contributed by atoms with E-state index in [1.807, 2.05) is 27.7 Å². The van der Waals surface area contributed by atoms with Crippen molar-refractivity contribution >= 4 is 103 Å². The van der Waals surface area contributed by atoms with E-state index in [0.717, 1.165) is 0 Å². The third-order valence-corrected chi connectivity index (χ3v) is 38.9. The van der Waals surface area contributed by atoms with Gasteiger partial charge in [-0.2, -0.15) is 9.97 Å². The largest absolute Gasteiger partial charge is 0.447 e. The summed E-state index contributed by atoms with van der Waals surface area (Å²) >= 11 is 0. The van der Waals surface area contributed by atoms with Crippen molar-refractivity contribution in [3.05, 3.63) is 46.0 Å². The van der Waals surface area contributed by atoms with Crippen LogP contribution >= 0.6 is 46.0 Å². The van der Waals surface area contributed by atoms with Crippen LogP contribution in [-0.2, 0) is 97.2 Å². The van der Waals surface area contributed by atoms with Crippen molar-refractivity contribution in [3.63, 3.8) is 0 Å². The van der Waals surface area contributed by atoms with Gasteiger partial charge in [-0.3, -0.25) is 65.5 Å². The highest BCUT2D eigenvalue weighted by Crippen LogP contribution is 2.61. The molecule has 0 bridgehead atoms. The normalized spacial score (nSPS) is 27.6. The van der Waals surface area contributed by atoms with Crippen molar-refractivity contribution in [2.45, 2.75) is 114 Å². The number of carbonyl (C=O) groups is 1. The maximum atomic E-state index is 16.4. The molecule has 0 aliphatic carbocycles. The Hall–Kier alpha value is -5.82. The molecule has 6 unspecified atom stereocenters. The Morgan fingerprint density at radius 3 is 1.10 bits per heavy atom. The molecule has 134 heavy (non-hydrogen) atoms. The number of fused-ring (bicyclic) bond motifs is 3. The molecule has 7 saturated heterocycles. The fourth-order valence-corrected chi connectivity index (χ4v) is 29.1. The second-order valence-corrected chi connectivity index (χ2v) is 50.8. The van der Waals surface area contributed by atoms with Gasteiger partial charge in [0, 0.05) is 97.7 Å². The quantitative estimate of drug-likeness (QED) is 0.0236. The number of nitrogens with zero attached hydrogens (tertiary/aromatic N) is 24. The van der Waals surface area contributed by atoms with Gasteiger partial charge >= 0.3 is 52.1 Å². The number of carbonyl (C=O) groups excluding carboxylic acids is 1. The standard InChI is InChI=1S/C74H133N29O25P6/c1-50(2)94-31-54(126-60(37-94)102-48-81-64-68(102)83-72(76)85-70(64)105)40-118-133(112,91(14)15)99-35-58(127-61(38-99)101-47-80-63-66(75)78-46-79-67(63)101)45-122-134(113,92(16)17)100-36-59(128-62(39-100)103-49-82-65-69(103)84-73(77)86-71(65)106)44-121-132(111,90(12)13)98-30-53(5)125-57(34-98)43-120-131(110,89(10)11)97-29-52(4)124-56(33-97)42-119-130(109,88(8)9)96-28-51(3)123-55(32-96)41-117-129(108,87(6)7)95-20-18-93(19-21-95)74(107)116-27-26-115-25-24-114-23-22-104/h46-62,104H,18-45H2,1-17H3,(H2,75,78,79)(H3,76,83,85,105)(H3,77,84,86,106)/t51-,52-,53-,54-,55-,56-,57-,58-,59-,60+,61+,62+,129?,130?,131?,132?,133?,134?/m0/s1. The molecule has 13 heterocycles. The van der Waals surface area contributed by atoms with Gasteiger partial charge in [0.25, 0.3) is 11.1 Å². The Balaban J connectivity index is 0.668. The Bertz CT molecular complexity index is 5380. The lowest BCUT2D eigenvalue weighted by Crippen LogP contribution is -2.51. The maximum absolute atomic E-state index is 16.4. The van der Waals surface area contributed by atoms with Crippen LogP contribution in [0.1, 0.15) is 53.3 Å². The van der Waals surface area contributed by atoms with Crippen LogP contribution in [0.5, 0.6) is 0 Å². The smallest absolute Gasteiger partial charge is 0.409 e. The molecule has 1 amide bonds. The molecule has 13 rings (SSSR count). The number of piperazine rings is 1. The first-order chi connectivity index (χ1) is 63.5. The van der Waals surface area contributed by atoms with Crippen LogP contribution in [0, 0.1) is 0 Å². The number of hydrogen-bond donors (Lipinski definition) is 6. The summed E-state index contributed by atoms with van der Waals surface area (Å²) in [6.07, 6.45) is -4.65. The van der Waals surface area contributed by atoms with Crippen LogP contribution in [0.3, 0.4) is 0 Å². The zero-order valence-corrected chi connectivity index (χ0v) is 84.4. The number of morpholine rings is 6. The predicted molar refractivity (Wildman–Crippen MR) is 491 cm³/mol. The number of aromatic nitrogens is 12. The van der Waals surface area contributed by atoms with Gasteiger partial charge in [-0.1, -0.05) is 0 Å². The maximum Gasteiger partial charge on any atom is 0.409 e. The summed E-state index contributed by atoms with van der Waals surface area (Å²) in [5.74, 6) is -0.222. The Labute approximate surface area is 777 Å². The molecule has 9 N–H and O–H groups in total. The number of ether oxygens (including phenoxy) is 9. The lowest BCUT2D eigenvalue weighted by Gasteiger charge is -2.46. The molecular formula is C74H133N29O25P6. The molecule has 6 aromatic heterocycles. The van der Waals surface area contributed by atoms with E-state index >= 15 is 22.8 Å². The van der Waals surface area contributed by atoms with Crippen molar-refractivity contribution in [2.75, 3.05) is 286 Å². The summed E-state index contributed by atoms with van der Waals surface area (Å²) in [5.41, 5.74) is 18.2. The van der Waals surface area contributed by atoms with E-state index in [2.05, 4.69) is 49.8 Å². The van der Waals surface area contributed by atoms with Crippen LogP contribution in [-0.4, -0.2) is 465 Å². The third kappa shape index (κ3) is 24.0. The monoisotopic (exact) mass is 2010 g/mol. The minimum absolute atomic E-state index is 0.00662. The second-order valence-electron chi connectivity index (χ2n) is 35.2. The Morgan fingerprint density at radius 2 is 0.739 bits per heavy atom. The minimum atomic E-state index is -4.35. The van der Waals surface area contributed by atoms with E-state index < -0.39 is 150 Å². The van der Waals surface area contributed by atoms with Crippen molar-refractivity contribution in [1.29, 1.82) is 0 Å². The molecule has 0 radical (unpaired) electrons. The summed E-state index contributed by atoms with van der Waals surface area (Å²) in [5, 5.41) is 8.88. The van der Waals surface area contributed by atoms with Gasteiger partial charge in [-0.15, -0.1) is 0 Å². The molecule has 6 aromatic rings. The number of imidazole rings is 3. The van der Waals surface area contributed by atoms with E-state index in [4.69, 9.17) is 92.1 Å². The highest BCUT2D eigenvalue weighted by molar-refractivity contribution is 7.55. The van der Waals surface area contributed by atoms with E-state index in [1.54, 1.807) is 129 Å². The molecule has 0 aromatic carbocycles. The van der Waals surface area contributed by atoms with Crippen molar-refractivity contribution in [3.8, 4) is 0 Å². The minimum Gasteiger partial charge on any atom is -0.447 e. The average molecular weight is 2010 g/mol. The highest BCUT2D eigenvalue weighted by atomic mass is 31.2. The second kappa shape index (κ2) is 45.0. The van der Waals surface area contributed by atoms with Crippen molar-refractivity contribution < 1.29 is 107 Å². The number of amides is 1. The molecule has 54 nitrogen and oxygen atoms in total. The summed E-state index contributed by atoms with van der Waals surface area (Å²) in [6, 6.07) is 0.00662. The third-order valence-electron chi connectivity index (χ3n) is 23.6. The van der Waals surface area contributed by atoms with Gasteiger partial charge in [-0.25, -0.2) is 85.8 Å². The van der Waals surface area contributed by atoms with Crippen molar-refractivity contribution in [1.82, 2.24) is 124 Å². The number of H-pyrrole nitrogens is 2. The topological polar surface area (TPSA) is 572 Å². The van der Waals surface area contributed by atoms with E-state index in [0.29, 0.717) is 25.3 Å². The first-order valence-electron chi connectivity index (χ1n) is 44.3. The number of nitrogen functional groups attached to an aromatic ring is 3. The molecule has 7 aliphatic heterocycles. The number of nitrogens with one attached hydrogen (secondary N) is 2. The van der Waals surface area contributed by atoms with E-state index in [-0.39, 0.29) is 203 Å². The molecule has 60 heteroatoms. The van der Waals surface area contributed by atoms with Crippen LogP contribution in [0.2, 0.25) is 0 Å². The number of anilines is 3. The zero-order chi connectivity index (χ0) is 96.8. The van der Waals surface area contributed by atoms with E-state index in [9.17, 15) is 18.9 Å². The fourth-order valence-electron chi connectivity index (χ4n) is 16.9. The molecule has 7 aliphatic rings. The molecule has 0 saturated carbocycles. The summed E-state index contributed by atoms with van der Waals surface area (Å²) in [4.78, 5) is 78.6.